The summed E-state index contributed by atoms with van der Waals surface area (Å²) >= 11 is 0. The molecule has 3 aliphatic rings. The van der Waals surface area contributed by atoms with Crippen LogP contribution in [0.5, 0.6) is 0 Å². The Morgan fingerprint density at radius 1 is 1.15 bits per heavy atom. The van der Waals surface area contributed by atoms with Crippen LogP contribution in [0.3, 0.4) is 0 Å². The summed E-state index contributed by atoms with van der Waals surface area (Å²) in [7, 11) is 0. The smallest absolute Gasteiger partial charge is 0.317 e. The van der Waals surface area contributed by atoms with Crippen LogP contribution in [0, 0.1) is 22.6 Å². The second-order valence-corrected chi connectivity index (χ2v) is 10.2. The van der Waals surface area contributed by atoms with Crippen molar-refractivity contribution in [1.82, 2.24) is 25.1 Å². The Morgan fingerprint density at radius 3 is 2.47 bits per heavy atom. The van der Waals surface area contributed by atoms with Crippen LogP contribution in [-0.2, 0) is 6.54 Å². The molecule has 34 heavy (non-hydrogen) atoms. The van der Waals surface area contributed by atoms with E-state index in [0.717, 1.165) is 38.0 Å². The number of hydrogen-bond donors (Lipinski definition) is 1. The summed E-state index contributed by atoms with van der Waals surface area (Å²) in [6.07, 6.45) is 5.10. The molecule has 5 rings (SSSR count). The lowest BCUT2D eigenvalue weighted by molar-refractivity contribution is -0.0811. The van der Waals surface area contributed by atoms with Crippen LogP contribution in [0.25, 0.3) is 0 Å². The van der Waals surface area contributed by atoms with Crippen molar-refractivity contribution in [2.24, 2.45) is 5.41 Å². The maximum absolute atomic E-state index is 13.1. The van der Waals surface area contributed by atoms with Crippen LogP contribution in [0.15, 0.2) is 36.7 Å². The van der Waals surface area contributed by atoms with Gasteiger partial charge in [-0.05, 0) is 49.8 Å². The van der Waals surface area contributed by atoms with Gasteiger partial charge in [0.25, 0.3) is 0 Å². The lowest BCUT2D eigenvalue weighted by atomic mass is 9.60. The van der Waals surface area contributed by atoms with E-state index in [-0.39, 0.29) is 30.0 Å². The van der Waals surface area contributed by atoms with Crippen molar-refractivity contribution in [3.63, 3.8) is 0 Å². The van der Waals surface area contributed by atoms with Crippen LogP contribution in [0.1, 0.15) is 37.8 Å². The lowest BCUT2D eigenvalue weighted by Crippen LogP contribution is -2.68. The highest BCUT2D eigenvalue weighted by atomic mass is 19.1. The molecule has 3 heterocycles. The maximum Gasteiger partial charge on any atom is 0.317 e. The Hall–Kier alpha value is -3.25. The number of hydrogen-bond acceptors (Lipinski definition) is 6. The second-order valence-electron chi connectivity index (χ2n) is 10.2. The summed E-state index contributed by atoms with van der Waals surface area (Å²) in [5, 5.41) is 12.2. The number of aromatic nitrogens is 2. The molecule has 178 valence electrons. The number of rotatable bonds is 4. The van der Waals surface area contributed by atoms with Gasteiger partial charge in [0.1, 0.15) is 11.9 Å². The number of nitrogens with zero attached hydrogens (tertiary/aromatic N) is 6. The molecule has 0 radical (unpaired) electrons. The van der Waals surface area contributed by atoms with E-state index in [2.05, 4.69) is 32.0 Å². The van der Waals surface area contributed by atoms with Gasteiger partial charge < -0.3 is 15.1 Å². The predicted octanol–water partition coefficient (Wildman–Crippen LogP) is 2.76. The number of amides is 2. The van der Waals surface area contributed by atoms with Crippen LogP contribution in [0.4, 0.5) is 15.1 Å². The molecule has 3 fully saturated rings. The quantitative estimate of drug-likeness (QED) is 0.750. The molecule has 1 N–H and O–H groups in total. The molecule has 8 nitrogen and oxygen atoms in total. The van der Waals surface area contributed by atoms with Crippen LogP contribution < -0.4 is 10.2 Å². The molecule has 2 atom stereocenters. The van der Waals surface area contributed by atoms with Crippen LogP contribution in [-0.4, -0.2) is 70.1 Å². The molecule has 2 aliphatic heterocycles. The van der Waals surface area contributed by atoms with Crippen molar-refractivity contribution in [3.05, 3.63) is 53.6 Å². The minimum absolute atomic E-state index is 0.00193. The first-order valence-electron chi connectivity index (χ1n) is 11.9. The summed E-state index contributed by atoms with van der Waals surface area (Å²) in [6, 6.07) is 9.09. The number of piperazine rings is 1. The van der Waals surface area contributed by atoms with Crippen LogP contribution in [0.2, 0.25) is 0 Å². The van der Waals surface area contributed by atoms with Gasteiger partial charge in [0, 0.05) is 50.8 Å². The van der Waals surface area contributed by atoms with E-state index < -0.39 is 0 Å². The zero-order valence-electron chi connectivity index (χ0n) is 19.6. The molecule has 0 unspecified atom stereocenters. The van der Waals surface area contributed by atoms with Gasteiger partial charge in [-0.3, -0.25) is 4.90 Å². The monoisotopic (exact) mass is 463 g/mol. The van der Waals surface area contributed by atoms with E-state index in [4.69, 9.17) is 5.26 Å². The number of anilines is 1. The number of likely N-dealkylation sites (tertiary alicyclic amines) is 1. The summed E-state index contributed by atoms with van der Waals surface area (Å²) in [5.74, 6) is 0.392. The molecule has 1 aliphatic carbocycles. The van der Waals surface area contributed by atoms with E-state index >= 15 is 0 Å². The van der Waals surface area contributed by atoms with Gasteiger partial charge in [-0.2, -0.15) is 5.26 Å². The van der Waals surface area contributed by atoms with Gasteiger partial charge in [0.05, 0.1) is 18.0 Å². The number of nitrogens with one attached hydrogen (secondary N) is 1. The minimum Gasteiger partial charge on any atom is -0.335 e. The van der Waals surface area contributed by atoms with E-state index in [9.17, 15) is 9.18 Å². The summed E-state index contributed by atoms with van der Waals surface area (Å²) in [6.45, 7) is 8.27. The number of carbonyl (C=O) groups is 1. The zero-order chi connectivity index (χ0) is 23.9. The first-order chi connectivity index (χ1) is 16.3. The Labute approximate surface area is 199 Å². The number of benzene rings is 1. The Balaban J connectivity index is 1.08. The van der Waals surface area contributed by atoms with Crippen molar-refractivity contribution >= 4 is 12.0 Å². The molecular formula is C25H30FN7O. The molecule has 2 saturated heterocycles. The van der Waals surface area contributed by atoms with Crippen molar-refractivity contribution in [2.75, 3.05) is 31.1 Å². The van der Waals surface area contributed by atoms with Gasteiger partial charge in [-0.25, -0.2) is 19.2 Å². The van der Waals surface area contributed by atoms with Gasteiger partial charge >= 0.3 is 6.03 Å². The first-order valence-corrected chi connectivity index (χ1v) is 11.9. The minimum atomic E-state index is -0.200. The molecule has 2 amide bonds. The van der Waals surface area contributed by atoms with Crippen molar-refractivity contribution in [2.45, 2.75) is 51.4 Å². The number of carbonyl (C=O) groups excluding carboxylic acids is 1. The highest BCUT2D eigenvalue weighted by molar-refractivity contribution is 5.75. The molecular weight excluding hydrogens is 433 g/mol. The molecule has 2 aromatic rings. The average molecular weight is 464 g/mol. The SMILES string of the molecule is C[C@@H]1CN(c2ncc(C#N)cn2)[C@@H](C)CN1C(=O)NC1CC2(C1)CN(Cc1ccc(F)cc1)C2. The Kier molecular flexibility index (Phi) is 5.86. The lowest BCUT2D eigenvalue weighted by Gasteiger charge is -2.59. The van der Waals surface area contributed by atoms with Crippen LogP contribution >= 0.6 is 0 Å². The molecule has 1 saturated carbocycles. The molecule has 9 heteroatoms. The second kappa shape index (κ2) is 8.84. The number of urea groups is 1. The fraction of sp³-hybridized carbons (Fsp3) is 0.520. The van der Waals surface area contributed by atoms with Gasteiger partial charge in [0.15, 0.2) is 0 Å². The zero-order valence-corrected chi connectivity index (χ0v) is 19.6. The van der Waals surface area contributed by atoms with Crippen molar-refractivity contribution in [3.8, 4) is 6.07 Å². The molecule has 0 bridgehead atoms. The summed E-state index contributed by atoms with van der Waals surface area (Å²) < 4.78 is 13.1. The third-order valence-corrected chi connectivity index (χ3v) is 7.39. The fourth-order valence-electron chi connectivity index (χ4n) is 5.68. The fourth-order valence-corrected chi connectivity index (χ4v) is 5.68. The van der Waals surface area contributed by atoms with Gasteiger partial charge in [-0.1, -0.05) is 12.1 Å². The van der Waals surface area contributed by atoms with Gasteiger partial charge in [0.2, 0.25) is 5.95 Å². The number of halogens is 1. The summed E-state index contributed by atoms with van der Waals surface area (Å²) in [5.41, 5.74) is 1.89. The van der Waals surface area contributed by atoms with Crippen molar-refractivity contribution < 1.29 is 9.18 Å². The molecule has 1 aromatic heterocycles. The van der Waals surface area contributed by atoms with E-state index in [1.165, 1.54) is 24.5 Å². The molecule has 1 aromatic carbocycles. The Bertz CT molecular complexity index is 1070. The van der Waals surface area contributed by atoms with Crippen molar-refractivity contribution in [1.29, 1.82) is 5.26 Å². The largest absolute Gasteiger partial charge is 0.335 e. The first kappa shape index (κ1) is 22.5. The normalized spacial score (nSPS) is 24.3. The summed E-state index contributed by atoms with van der Waals surface area (Å²) in [4.78, 5) is 28.1. The molecule has 1 spiro atoms. The average Bonchev–Trinajstić information content (AvgIpc) is 2.78. The third kappa shape index (κ3) is 4.42. The highest BCUT2D eigenvalue weighted by Gasteiger charge is 2.52. The van der Waals surface area contributed by atoms with E-state index in [1.807, 2.05) is 30.0 Å². The predicted molar refractivity (Wildman–Crippen MR) is 125 cm³/mol. The maximum atomic E-state index is 13.1. The topological polar surface area (TPSA) is 88.4 Å². The van der Waals surface area contributed by atoms with E-state index in [1.54, 1.807) is 0 Å². The number of nitriles is 1. The van der Waals surface area contributed by atoms with E-state index in [0.29, 0.717) is 30.0 Å². The third-order valence-electron chi connectivity index (χ3n) is 7.39. The standard InChI is InChI=1S/C25H30FN7O/c1-17-13-33(18(2)12-32(17)23-28-10-20(9-27)11-29-23)24(34)30-22-7-25(8-22)15-31(16-25)14-19-3-5-21(26)6-4-19/h3-6,10-11,17-18,22H,7-8,12-16H2,1-2H3,(H,30,34)/t17-,18+/m0/s1. The highest BCUT2D eigenvalue weighted by Crippen LogP contribution is 2.48. The Morgan fingerprint density at radius 2 is 1.82 bits per heavy atom. The van der Waals surface area contributed by atoms with Gasteiger partial charge in [-0.15, -0.1) is 0 Å².